The van der Waals surface area contributed by atoms with Crippen molar-refractivity contribution in [3.05, 3.63) is 35.1 Å². The molecule has 1 aliphatic heterocycles. The van der Waals surface area contributed by atoms with E-state index in [-0.39, 0.29) is 24.6 Å². The fourth-order valence-corrected chi connectivity index (χ4v) is 1.54. The largest absolute Gasteiger partial charge is 0.447 e. The van der Waals surface area contributed by atoms with Crippen molar-refractivity contribution in [1.29, 1.82) is 0 Å². The van der Waals surface area contributed by atoms with Gasteiger partial charge in [-0.15, -0.1) is 12.4 Å². The molecule has 1 saturated heterocycles. The molecule has 0 aromatic heterocycles. The highest BCUT2D eigenvalue weighted by Gasteiger charge is 2.33. The molecule has 1 amide bonds. The highest BCUT2D eigenvalue weighted by molar-refractivity contribution is 5.85. The molecule has 1 atom stereocenters. The second kappa shape index (κ2) is 5.01. The summed E-state index contributed by atoms with van der Waals surface area (Å²) in [6.07, 6.45) is -5.35. The van der Waals surface area contributed by atoms with Crippen LogP contribution in [-0.2, 0) is 10.9 Å². The third-order valence-corrected chi connectivity index (χ3v) is 2.32. The van der Waals surface area contributed by atoms with Crippen LogP contribution in [-0.4, -0.2) is 12.7 Å². The third-order valence-electron chi connectivity index (χ3n) is 2.32. The lowest BCUT2D eigenvalue weighted by Crippen LogP contribution is -2.19. The summed E-state index contributed by atoms with van der Waals surface area (Å²) in [5.41, 5.74) is -1.06. The van der Waals surface area contributed by atoms with Gasteiger partial charge in [-0.3, -0.25) is 0 Å². The van der Waals surface area contributed by atoms with Gasteiger partial charge in [0.25, 0.3) is 0 Å². The first-order valence-electron chi connectivity index (χ1n) is 4.67. The molecular formula is C10H8ClF4NO2. The standard InChI is InChI=1S/C10H7F4NO2.ClH/c11-7-2-5(8-4-17-9(16)15-8)1-6(3-7)10(12,13)14;/h1-3,8H,4H2,(H,15,16);1H/t8-;/m0./s1. The summed E-state index contributed by atoms with van der Waals surface area (Å²) < 4.78 is 54.9. The number of cyclic esters (lactones) is 1. The molecule has 18 heavy (non-hydrogen) atoms. The van der Waals surface area contributed by atoms with Crippen molar-refractivity contribution in [3.63, 3.8) is 0 Å². The highest BCUT2D eigenvalue weighted by Crippen LogP contribution is 2.32. The van der Waals surface area contributed by atoms with Gasteiger partial charge in [0.05, 0.1) is 11.6 Å². The Bertz CT molecular complexity index is 464. The van der Waals surface area contributed by atoms with E-state index >= 15 is 0 Å². The summed E-state index contributed by atoms with van der Waals surface area (Å²) in [7, 11) is 0. The molecule has 0 unspecified atom stereocenters. The van der Waals surface area contributed by atoms with Gasteiger partial charge in [0.1, 0.15) is 12.4 Å². The van der Waals surface area contributed by atoms with Crippen molar-refractivity contribution in [2.24, 2.45) is 0 Å². The van der Waals surface area contributed by atoms with E-state index in [1.807, 2.05) is 0 Å². The zero-order valence-corrected chi connectivity index (χ0v) is 9.57. The highest BCUT2D eigenvalue weighted by atomic mass is 35.5. The molecule has 1 N–H and O–H groups in total. The molecule has 0 spiro atoms. The Morgan fingerprint density at radius 2 is 1.94 bits per heavy atom. The zero-order valence-electron chi connectivity index (χ0n) is 8.75. The van der Waals surface area contributed by atoms with Gasteiger partial charge in [0.2, 0.25) is 0 Å². The van der Waals surface area contributed by atoms with Crippen molar-refractivity contribution in [3.8, 4) is 0 Å². The Balaban J connectivity index is 0.00000162. The van der Waals surface area contributed by atoms with Gasteiger partial charge in [0, 0.05) is 0 Å². The molecule has 0 aliphatic carbocycles. The SMILES string of the molecule is Cl.O=C1N[C@H](c2cc(F)cc(C(F)(F)F)c2)CO1. The summed E-state index contributed by atoms with van der Waals surface area (Å²) in [6.45, 7) is -0.112. The van der Waals surface area contributed by atoms with E-state index in [4.69, 9.17) is 0 Å². The summed E-state index contributed by atoms with van der Waals surface area (Å²) in [5.74, 6) is -1.00. The van der Waals surface area contributed by atoms with Crippen LogP contribution in [0.3, 0.4) is 0 Å². The average molecular weight is 286 g/mol. The van der Waals surface area contributed by atoms with Crippen LogP contribution in [0.15, 0.2) is 18.2 Å². The summed E-state index contributed by atoms with van der Waals surface area (Å²) >= 11 is 0. The quantitative estimate of drug-likeness (QED) is 0.806. The van der Waals surface area contributed by atoms with Crippen LogP contribution in [0.2, 0.25) is 0 Å². The number of rotatable bonds is 1. The minimum Gasteiger partial charge on any atom is -0.447 e. The van der Waals surface area contributed by atoms with Crippen LogP contribution in [0.4, 0.5) is 22.4 Å². The molecule has 0 saturated carbocycles. The molecule has 0 bridgehead atoms. The number of hydrogen-bond donors (Lipinski definition) is 1. The van der Waals surface area contributed by atoms with Crippen molar-refractivity contribution >= 4 is 18.5 Å². The molecule has 3 nitrogen and oxygen atoms in total. The lowest BCUT2D eigenvalue weighted by Gasteiger charge is -2.12. The molecule has 1 aromatic carbocycles. The fraction of sp³-hybridized carbons (Fsp3) is 0.300. The molecule has 1 heterocycles. The van der Waals surface area contributed by atoms with E-state index in [1.54, 1.807) is 0 Å². The van der Waals surface area contributed by atoms with Gasteiger partial charge in [-0.05, 0) is 23.8 Å². The Morgan fingerprint density at radius 3 is 2.44 bits per heavy atom. The van der Waals surface area contributed by atoms with E-state index < -0.39 is 29.7 Å². The predicted octanol–water partition coefficient (Wildman–Crippen LogP) is 3.05. The monoisotopic (exact) mass is 285 g/mol. The second-order valence-corrected chi connectivity index (χ2v) is 3.57. The summed E-state index contributed by atoms with van der Waals surface area (Å²) in [5, 5.41) is 2.28. The number of alkyl halides is 3. The number of halogens is 5. The minimum absolute atomic E-state index is 0. The van der Waals surface area contributed by atoms with E-state index in [0.29, 0.717) is 6.07 Å². The van der Waals surface area contributed by atoms with E-state index in [2.05, 4.69) is 10.1 Å². The summed E-state index contributed by atoms with van der Waals surface area (Å²) in [4.78, 5) is 10.7. The van der Waals surface area contributed by atoms with Gasteiger partial charge < -0.3 is 10.1 Å². The van der Waals surface area contributed by atoms with Crippen LogP contribution in [0.5, 0.6) is 0 Å². The predicted molar refractivity (Wildman–Crippen MR) is 55.9 cm³/mol. The smallest absolute Gasteiger partial charge is 0.416 e. The van der Waals surface area contributed by atoms with Crippen molar-refractivity contribution < 1.29 is 27.1 Å². The van der Waals surface area contributed by atoms with E-state index in [0.717, 1.165) is 12.1 Å². The fourth-order valence-electron chi connectivity index (χ4n) is 1.54. The van der Waals surface area contributed by atoms with Gasteiger partial charge in [-0.2, -0.15) is 13.2 Å². The molecular weight excluding hydrogens is 278 g/mol. The lowest BCUT2D eigenvalue weighted by molar-refractivity contribution is -0.137. The number of hydrogen-bond acceptors (Lipinski definition) is 2. The van der Waals surface area contributed by atoms with Gasteiger partial charge >= 0.3 is 12.3 Å². The number of nitrogens with one attached hydrogen (secondary N) is 1. The average Bonchev–Trinajstić information content (AvgIpc) is 2.62. The Morgan fingerprint density at radius 1 is 1.28 bits per heavy atom. The first-order valence-corrected chi connectivity index (χ1v) is 4.67. The third kappa shape index (κ3) is 3.04. The van der Waals surface area contributed by atoms with Crippen LogP contribution in [0.1, 0.15) is 17.2 Å². The Kier molecular flexibility index (Phi) is 4.05. The van der Waals surface area contributed by atoms with Crippen LogP contribution < -0.4 is 5.32 Å². The normalized spacial score (nSPS) is 18.9. The number of amides is 1. The molecule has 100 valence electrons. The lowest BCUT2D eigenvalue weighted by atomic mass is 10.0. The second-order valence-electron chi connectivity index (χ2n) is 3.57. The van der Waals surface area contributed by atoms with Crippen LogP contribution in [0, 0.1) is 5.82 Å². The van der Waals surface area contributed by atoms with Gasteiger partial charge in [-0.1, -0.05) is 0 Å². The first kappa shape index (κ1) is 14.6. The Labute approximate surface area is 106 Å². The number of alkyl carbamates (subject to hydrolysis) is 1. The summed E-state index contributed by atoms with van der Waals surface area (Å²) in [6, 6.07) is 1.39. The topological polar surface area (TPSA) is 38.3 Å². The number of ether oxygens (including phenoxy) is 1. The maximum absolute atomic E-state index is 13.1. The molecule has 8 heteroatoms. The van der Waals surface area contributed by atoms with Crippen molar-refractivity contribution in [2.45, 2.75) is 12.2 Å². The maximum Gasteiger partial charge on any atom is 0.416 e. The van der Waals surface area contributed by atoms with Crippen molar-refractivity contribution in [1.82, 2.24) is 5.32 Å². The molecule has 2 rings (SSSR count). The maximum atomic E-state index is 13.1. The van der Waals surface area contributed by atoms with Gasteiger partial charge in [0.15, 0.2) is 0 Å². The molecule has 0 radical (unpaired) electrons. The van der Waals surface area contributed by atoms with E-state index in [9.17, 15) is 22.4 Å². The van der Waals surface area contributed by atoms with Crippen LogP contribution in [0.25, 0.3) is 0 Å². The zero-order chi connectivity index (χ0) is 12.6. The minimum atomic E-state index is -4.62. The number of carbonyl (C=O) groups excluding carboxylic acids is 1. The van der Waals surface area contributed by atoms with Crippen LogP contribution >= 0.6 is 12.4 Å². The number of carbonyl (C=O) groups is 1. The van der Waals surface area contributed by atoms with Gasteiger partial charge in [-0.25, -0.2) is 9.18 Å². The van der Waals surface area contributed by atoms with E-state index in [1.165, 1.54) is 0 Å². The van der Waals surface area contributed by atoms with Crippen molar-refractivity contribution in [2.75, 3.05) is 6.61 Å². The Hall–Kier alpha value is -1.50. The molecule has 1 aromatic rings. The first-order chi connectivity index (χ1) is 7.86. The molecule has 1 fully saturated rings. The molecule has 1 aliphatic rings. The number of benzene rings is 1.